The Labute approximate surface area is 361 Å². The first-order valence-electron chi connectivity index (χ1n) is 20.8. The van der Waals surface area contributed by atoms with Crippen LogP contribution in [0, 0.1) is 0 Å². The maximum atomic E-state index is 14.5. The highest BCUT2D eigenvalue weighted by molar-refractivity contribution is 6.74. The van der Waals surface area contributed by atoms with E-state index in [9.17, 15) is 29.1 Å². The zero-order valence-corrected chi connectivity index (χ0v) is 40.5. The number of nitrogens with two attached hydrogens (primary N) is 1. The van der Waals surface area contributed by atoms with E-state index >= 15 is 0 Å². The summed E-state index contributed by atoms with van der Waals surface area (Å²) in [6.07, 6.45) is -5.07. The van der Waals surface area contributed by atoms with Gasteiger partial charge in [0.05, 0.1) is 26.1 Å². The number of carbonyl (C=O) groups is 3. The number of aliphatic hydroxyl groups is 1. The lowest BCUT2D eigenvalue weighted by atomic mass is 9.99. The topological polar surface area (TPSA) is 232 Å². The minimum atomic E-state index is -2.74. The Balaban J connectivity index is 2.18. The Hall–Kier alpha value is -3.70. The Kier molecular flexibility index (Phi) is 17.1. The van der Waals surface area contributed by atoms with Gasteiger partial charge in [-0.2, -0.15) is 0 Å². The molecule has 0 radical (unpaired) electrons. The van der Waals surface area contributed by atoms with Crippen LogP contribution in [0.1, 0.15) is 86.9 Å². The summed E-state index contributed by atoms with van der Waals surface area (Å²) in [7, 11) is -3.92. The summed E-state index contributed by atoms with van der Waals surface area (Å²) in [5, 5.41) is 26.5. The van der Waals surface area contributed by atoms with Gasteiger partial charge in [0, 0.05) is 18.8 Å². The standard InChI is InChI=1S/C42H71N5O12Si2/c1-40(2,3)57-38(53)31(44-21-15-22-45-36(52)28(43)24-30(49)50)32(51)33-34(58-60(11,12)41(4,5)6)35(59-61(13,14)42(7,8)9)37(56-33)46-23-20-29(48)47(39(46)54)25-26-16-18-27(55-10)19-17-26/h16-20,23,28,31-35,37,44,51H,15,21-22,24-25,43H2,1-14H3,(H,45,52)(H,49,50)/t28-,31-,32+,33?,34+,35+,37+/m0/s1. The number of rotatable bonds is 19. The van der Waals surface area contributed by atoms with E-state index in [0.29, 0.717) is 11.3 Å². The fourth-order valence-electron chi connectivity index (χ4n) is 6.11. The second-order valence-electron chi connectivity index (χ2n) is 19.8. The van der Waals surface area contributed by atoms with Gasteiger partial charge in [0.15, 0.2) is 22.9 Å². The zero-order valence-electron chi connectivity index (χ0n) is 38.5. The number of methoxy groups -OCH3 is 1. The van der Waals surface area contributed by atoms with E-state index in [-0.39, 0.29) is 36.1 Å². The van der Waals surface area contributed by atoms with Crippen molar-refractivity contribution in [3.63, 3.8) is 0 Å². The van der Waals surface area contributed by atoms with Gasteiger partial charge in [0.2, 0.25) is 5.91 Å². The average molecular weight is 894 g/mol. The van der Waals surface area contributed by atoms with Gasteiger partial charge in [-0.25, -0.2) is 4.79 Å². The van der Waals surface area contributed by atoms with E-state index in [0.717, 1.165) is 4.57 Å². The number of hydrogen-bond acceptors (Lipinski definition) is 13. The summed E-state index contributed by atoms with van der Waals surface area (Å²) < 4.78 is 34.6. The van der Waals surface area contributed by atoms with Gasteiger partial charge in [0.25, 0.3) is 5.56 Å². The van der Waals surface area contributed by atoms with Crippen molar-refractivity contribution in [2.45, 2.75) is 166 Å². The molecule has 2 heterocycles. The van der Waals surface area contributed by atoms with Crippen molar-refractivity contribution in [2.75, 3.05) is 20.2 Å². The molecule has 1 fully saturated rings. The summed E-state index contributed by atoms with van der Waals surface area (Å²) in [6.45, 7) is 25.9. The molecule has 0 saturated carbocycles. The van der Waals surface area contributed by atoms with Gasteiger partial charge >= 0.3 is 17.6 Å². The van der Waals surface area contributed by atoms with Crippen molar-refractivity contribution in [3.05, 3.63) is 62.9 Å². The molecular formula is C42H71N5O12Si2. The number of aliphatic carboxylic acids is 1. The highest BCUT2D eigenvalue weighted by Gasteiger charge is 2.57. The van der Waals surface area contributed by atoms with Gasteiger partial charge < -0.3 is 49.6 Å². The summed E-state index contributed by atoms with van der Waals surface area (Å²) in [6, 6.07) is 5.66. The molecule has 1 amide bonds. The van der Waals surface area contributed by atoms with E-state index in [4.69, 9.17) is 33.9 Å². The highest BCUT2D eigenvalue weighted by Crippen LogP contribution is 2.46. The van der Waals surface area contributed by atoms with Crippen molar-refractivity contribution in [1.29, 1.82) is 0 Å². The van der Waals surface area contributed by atoms with Crippen molar-refractivity contribution in [2.24, 2.45) is 5.73 Å². The number of nitrogens with one attached hydrogen (secondary N) is 2. The molecule has 1 aliphatic heterocycles. The molecule has 1 unspecified atom stereocenters. The summed E-state index contributed by atoms with van der Waals surface area (Å²) >= 11 is 0. The second kappa shape index (κ2) is 20.2. The Morgan fingerprint density at radius 3 is 1.95 bits per heavy atom. The van der Waals surface area contributed by atoms with Crippen LogP contribution in [-0.4, -0.2) is 116 Å². The summed E-state index contributed by atoms with van der Waals surface area (Å²) in [5.41, 5.74) is 4.22. The summed E-state index contributed by atoms with van der Waals surface area (Å²) in [5.74, 6) is -2.01. The quantitative estimate of drug-likeness (QED) is 0.0770. The Morgan fingerprint density at radius 2 is 1.44 bits per heavy atom. The fraction of sp³-hybridized carbons (Fsp3) is 0.690. The van der Waals surface area contributed by atoms with Crippen molar-refractivity contribution in [1.82, 2.24) is 19.8 Å². The third-order valence-corrected chi connectivity index (χ3v) is 20.6. The largest absolute Gasteiger partial charge is 0.497 e. The number of carbonyl (C=O) groups excluding carboxylic acids is 2. The lowest BCUT2D eigenvalue weighted by molar-refractivity contribution is -0.166. The van der Waals surface area contributed by atoms with E-state index in [1.807, 2.05) is 0 Å². The predicted molar refractivity (Wildman–Crippen MR) is 237 cm³/mol. The maximum absolute atomic E-state index is 14.5. The minimum Gasteiger partial charge on any atom is -0.497 e. The van der Waals surface area contributed by atoms with Gasteiger partial charge in [-0.15, -0.1) is 0 Å². The molecule has 1 aromatic heterocycles. The lowest BCUT2D eigenvalue weighted by Crippen LogP contribution is -2.59. The van der Waals surface area contributed by atoms with E-state index in [2.05, 4.69) is 78.4 Å². The third kappa shape index (κ3) is 13.6. The van der Waals surface area contributed by atoms with Crippen LogP contribution in [0.3, 0.4) is 0 Å². The highest BCUT2D eigenvalue weighted by atomic mass is 28.4. The van der Waals surface area contributed by atoms with Gasteiger partial charge in [-0.05, 0) is 87.7 Å². The number of carboxylic acids is 1. The Morgan fingerprint density at radius 1 is 0.885 bits per heavy atom. The minimum absolute atomic E-state index is 0.0461. The predicted octanol–water partition coefficient (Wildman–Crippen LogP) is 3.71. The molecule has 7 atom stereocenters. The zero-order chi connectivity index (χ0) is 46.5. The molecule has 17 nitrogen and oxygen atoms in total. The Bertz CT molecular complexity index is 1930. The second-order valence-corrected chi connectivity index (χ2v) is 29.3. The third-order valence-electron chi connectivity index (χ3n) is 11.7. The van der Waals surface area contributed by atoms with Gasteiger partial charge in [-0.1, -0.05) is 53.7 Å². The van der Waals surface area contributed by atoms with E-state index in [1.54, 1.807) is 52.1 Å². The molecule has 0 bridgehead atoms. The average Bonchev–Trinajstić information content (AvgIpc) is 3.45. The van der Waals surface area contributed by atoms with Gasteiger partial charge in [-0.3, -0.25) is 28.3 Å². The molecule has 3 rings (SSSR count). The number of aromatic nitrogens is 2. The molecule has 0 aliphatic carbocycles. The van der Waals surface area contributed by atoms with Crippen LogP contribution < -0.4 is 32.4 Å². The number of hydrogen-bond donors (Lipinski definition) is 5. The van der Waals surface area contributed by atoms with Crippen LogP contribution in [0.5, 0.6) is 5.75 Å². The summed E-state index contributed by atoms with van der Waals surface area (Å²) in [4.78, 5) is 65.2. The molecule has 6 N–H and O–H groups in total. The molecule has 1 aromatic carbocycles. The first-order valence-corrected chi connectivity index (χ1v) is 26.6. The van der Waals surface area contributed by atoms with Crippen LogP contribution in [0.25, 0.3) is 0 Å². The number of ether oxygens (including phenoxy) is 3. The molecule has 344 valence electrons. The number of aliphatic hydroxyl groups excluding tert-OH is 1. The number of nitrogens with zero attached hydrogens (tertiary/aromatic N) is 2. The molecule has 1 saturated heterocycles. The lowest BCUT2D eigenvalue weighted by Gasteiger charge is -2.44. The number of benzene rings is 1. The molecule has 61 heavy (non-hydrogen) atoms. The molecule has 19 heteroatoms. The van der Waals surface area contributed by atoms with Crippen molar-refractivity contribution < 1.29 is 47.7 Å². The maximum Gasteiger partial charge on any atom is 0.333 e. The fourth-order valence-corrected chi connectivity index (χ4v) is 8.70. The molecule has 2 aromatic rings. The van der Waals surface area contributed by atoms with Gasteiger partial charge in [0.1, 0.15) is 41.8 Å². The number of esters is 1. The first-order chi connectivity index (χ1) is 27.9. The molecule has 1 aliphatic rings. The number of carboxylic acid groups (broad SMARTS) is 1. The monoisotopic (exact) mass is 893 g/mol. The van der Waals surface area contributed by atoms with Crippen LogP contribution in [0.4, 0.5) is 0 Å². The molecule has 0 spiro atoms. The SMILES string of the molecule is COc1ccc(Cn2c(=O)ccn([C@@H]3OC([C@H](O)[C@H](NCCCNC(=O)[C@@H](N)CC(=O)O)C(=O)OC(C)(C)C)[C@@H](O[Si](C)(C)C(C)(C)C)[C@H]3O[Si](C)(C)C(C)(C)C)c2=O)cc1. The molecular weight excluding hydrogens is 823 g/mol. The number of amides is 1. The van der Waals surface area contributed by atoms with Crippen LogP contribution in [0.2, 0.25) is 36.3 Å². The van der Waals surface area contributed by atoms with Crippen molar-refractivity contribution >= 4 is 34.5 Å². The van der Waals surface area contributed by atoms with Crippen LogP contribution >= 0.6 is 0 Å². The van der Waals surface area contributed by atoms with Crippen LogP contribution in [0.15, 0.2) is 46.1 Å². The van der Waals surface area contributed by atoms with E-state index < -0.39 is 100 Å². The smallest absolute Gasteiger partial charge is 0.333 e. The normalized spacial score (nSPS) is 20.5. The van der Waals surface area contributed by atoms with Crippen LogP contribution in [-0.2, 0) is 39.3 Å². The first kappa shape index (κ1) is 51.7. The van der Waals surface area contributed by atoms with E-state index in [1.165, 1.54) is 16.8 Å². The van der Waals surface area contributed by atoms with Crippen molar-refractivity contribution in [3.8, 4) is 5.75 Å².